The van der Waals surface area contributed by atoms with Gasteiger partial charge in [0, 0.05) is 24.8 Å². The average molecular weight is 425 g/mol. The monoisotopic (exact) mass is 424 g/mol. The van der Waals surface area contributed by atoms with E-state index in [1.165, 1.54) is 0 Å². The Hall–Kier alpha value is -3.16. The molecule has 0 aliphatic rings. The van der Waals surface area contributed by atoms with E-state index in [9.17, 15) is 4.79 Å². The molecule has 0 bridgehead atoms. The Kier molecular flexibility index (Phi) is 7.09. The van der Waals surface area contributed by atoms with Gasteiger partial charge in [-0.3, -0.25) is 4.79 Å². The number of benzene rings is 1. The molecular formula is C23H32N6O2. The lowest BCUT2D eigenvalue weighted by Gasteiger charge is -2.26. The largest absolute Gasteiger partial charge is 0.495 e. The van der Waals surface area contributed by atoms with Gasteiger partial charge in [0.25, 0.3) is 0 Å². The fourth-order valence-electron chi connectivity index (χ4n) is 3.51. The van der Waals surface area contributed by atoms with E-state index < -0.39 is 0 Å². The second-order valence-electron chi connectivity index (χ2n) is 8.70. The minimum absolute atomic E-state index is 0.0576. The number of hydrogen-bond acceptors (Lipinski definition) is 5. The summed E-state index contributed by atoms with van der Waals surface area (Å²) in [5, 5.41) is 8.45. The van der Waals surface area contributed by atoms with Crippen molar-refractivity contribution in [2.45, 2.75) is 41.2 Å². The van der Waals surface area contributed by atoms with Gasteiger partial charge in [0.2, 0.25) is 5.91 Å². The van der Waals surface area contributed by atoms with E-state index in [0.29, 0.717) is 23.3 Å². The summed E-state index contributed by atoms with van der Waals surface area (Å²) in [6.07, 6.45) is 5.50. The van der Waals surface area contributed by atoms with Crippen LogP contribution in [0.5, 0.6) is 5.75 Å². The maximum atomic E-state index is 12.8. The first-order valence-corrected chi connectivity index (χ1v) is 10.6. The number of carbonyl (C=O) groups excluding carboxylic acids is 1. The number of ether oxygens (including phenoxy) is 1. The molecule has 3 aromatic rings. The van der Waals surface area contributed by atoms with Crippen molar-refractivity contribution in [3.05, 3.63) is 42.6 Å². The van der Waals surface area contributed by atoms with E-state index in [1.54, 1.807) is 24.3 Å². The molecule has 0 radical (unpaired) electrons. The van der Waals surface area contributed by atoms with Gasteiger partial charge >= 0.3 is 0 Å². The van der Waals surface area contributed by atoms with Gasteiger partial charge in [0.1, 0.15) is 18.0 Å². The normalized spacial score (nSPS) is 11.4. The van der Waals surface area contributed by atoms with E-state index in [-0.39, 0.29) is 12.5 Å². The zero-order valence-corrected chi connectivity index (χ0v) is 19.2. The molecule has 166 valence electrons. The van der Waals surface area contributed by atoms with Crippen molar-refractivity contribution in [3.8, 4) is 22.7 Å². The van der Waals surface area contributed by atoms with Crippen LogP contribution in [0.25, 0.3) is 16.9 Å². The average Bonchev–Trinajstić information content (AvgIpc) is 3.35. The van der Waals surface area contributed by atoms with Crippen LogP contribution in [0.2, 0.25) is 0 Å². The third-order valence-corrected chi connectivity index (χ3v) is 4.83. The van der Waals surface area contributed by atoms with Crippen LogP contribution in [0.4, 0.5) is 0 Å². The summed E-state index contributed by atoms with van der Waals surface area (Å²) >= 11 is 0. The summed E-state index contributed by atoms with van der Waals surface area (Å²) < 4.78 is 9.11. The fourth-order valence-corrected chi connectivity index (χ4v) is 3.51. The minimum atomic E-state index is 0.0576. The molecule has 0 aliphatic carbocycles. The Balaban J connectivity index is 1.77. The number of rotatable bonds is 9. The molecule has 3 rings (SSSR count). The fraction of sp³-hybridized carbons (Fsp3) is 0.478. The highest BCUT2D eigenvalue weighted by Gasteiger charge is 2.18. The van der Waals surface area contributed by atoms with Crippen molar-refractivity contribution in [3.63, 3.8) is 0 Å². The maximum absolute atomic E-state index is 12.8. The molecule has 0 atom stereocenters. The number of carbonyl (C=O) groups is 1. The molecule has 0 unspecified atom stereocenters. The third-order valence-electron chi connectivity index (χ3n) is 4.83. The van der Waals surface area contributed by atoms with Gasteiger partial charge in [-0.1, -0.05) is 39.0 Å². The molecule has 0 spiro atoms. The molecule has 0 aliphatic heterocycles. The topological polar surface area (TPSA) is 78.1 Å². The van der Waals surface area contributed by atoms with Crippen LogP contribution in [0.3, 0.4) is 0 Å². The maximum Gasteiger partial charge on any atom is 0.244 e. The lowest BCUT2D eigenvalue weighted by atomic mass is 10.1. The highest BCUT2D eigenvalue weighted by atomic mass is 16.5. The number of imidazole rings is 1. The lowest BCUT2D eigenvalue weighted by molar-refractivity contribution is -0.133. The minimum Gasteiger partial charge on any atom is -0.495 e. The quantitative estimate of drug-likeness (QED) is 0.525. The van der Waals surface area contributed by atoms with Crippen LogP contribution in [-0.2, 0) is 11.3 Å². The van der Waals surface area contributed by atoms with Gasteiger partial charge in [-0.15, -0.1) is 5.10 Å². The smallest absolute Gasteiger partial charge is 0.244 e. The van der Waals surface area contributed by atoms with E-state index in [2.05, 4.69) is 43.0 Å². The van der Waals surface area contributed by atoms with Crippen LogP contribution < -0.4 is 4.74 Å². The van der Waals surface area contributed by atoms with E-state index in [0.717, 1.165) is 30.0 Å². The first kappa shape index (κ1) is 22.5. The zero-order valence-electron chi connectivity index (χ0n) is 19.2. The predicted octanol–water partition coefficient (Wildman–Crippen LogP) is 3.59. The van der Waals surface area contributed by atoms with Gasteiger partial charge < -0.3 is 14.2 Å². The van der Waals surface area contributed by atoms with Crippen molar-refractivity contribution < 1.29 is 9.53 Å². The van der Waals surface area contributed by atoms with Crippen LogP contribution in [-0.4, -0.2) is 55.6 Å². The third kappa shape index (κ3) is 5.71. The number of amides is 1. The highest BCUT2D eigenvalue weighted by molar-refractivity contribution is 5.76. The van der Waals surface area contributed by atoms with E-state index in [4.69, 9.17) is 4.74 Å². The SMILES string of the molecule is COc1cc(-c2cn(CC(=O)N(CC(C)C)CC(C)C)nn2)ccc1-n1cnc(C)c1. The molecule has 8 nitrogen and oxygen atoms in total. The second kappa shape index (κ2) is 9.76. The molecule has 2 aromatic heterocycles. The molecule has 0 saturated heterocycles. The van der Waals surface area contributed by atoms with E-state index >= 15 is 0 Å². The van der Waals surface area contributed by atoms with Crippen LogP contribution >= 0.6 is 0 Å². The number of aromatic nitrogens is 5. The van der Waals surface area contributed by atoms with Crippen molar-refractivity contribution in [2.75, 3.05) is 20.2 Å². The number of nitrogens with zero attached hydrogens (tertiary/aromatic N) is 6. The summed E-state index contributed by atoms with van der Waals surface area (Å²) in [5.41, 5.74) is 3.39. The first-order valence-electron chi connectivity index (χ1n) is 10.6. The predicted molar refractivity (Wildman–Crippen MR) is 120 cm³/mol. The van der Waals surface area contributed by atoms with Crippen LogP contribution in [0.1, 0.15) is 33.4 Å². The van der Waals surface area contributed by atoms with Gasteiger partial charge in [-0.25, -0.2) is 9.67 Å². The standard InChI is InChI=1S/C23H32N6O2/c1-16(2)10-27(11-17(3)4)23(30)14-29-13-20(25-26-29)19-7-8-21(22(9-19)31-6)28-12-18(5)24-15-28/h7-9,12-13,15-17H,10-11,14H2,1-6H3. The molecule has 0 saturated carbocycles. The molecule has 8 heteroatoms. The Morgan fingerprint density at radius 2 is 1.84 bits per heavy atom. The molecule has 0 fully saturated rings. The molecule has 2 heterocycles. The number of aryl methyl sites for hydroxylation is 1. The molecule has 1 aromatic carbocycles. The number of hydrogen-bond donors (Lipinski definition) is 0. The van der Waals surface area contributed by atoms with Crippen LogP contribution in [0, 0.1) is 18.8 Å². The Labute approximate surface area is 183 Å². The molecule has 0 N–H and O–H groups in total. The van der Waals surface area contributed by atoms with Gasteiger partial charge in [0.15, 0.2) is 0 Å². The van der Waals surface area contributed by atoms with Crippen molar-refractivity contribution in [1.82, 2.24) is 29.4 Å². The van der Waals surface area contributed by atoms with E-state index in [1.807, 2.05) is 40.8 Å². The van der Waals surface area contributed by atoms with Gasteiger partial charge in [-0.2, -0.15) is 0 Å². The first-order chi connectivity index (χ1) is 14.8. The van der Waals surface area contributed by atoms with Crippen molar-refractivity contribution in [1.29, 1.82) is 0 Å². The highest BCUT2D eigenvalue weighted by Crippen LogP contribution is 2.29. The Bertz CT molecular complexity index is 1010. The molecule has 1 amide bonds. The molecule has 31 heavy (non-hydrogen) atoms. The summed E-state index contributed by atoms with van der Waals surface area (Å²) in [6, 6.07) is 5.85. The van der Waals surface area contributed by atoms with Crippen LogP contribution in [0.15, 0.2) is 36.9 Å². The second-order valence-corrected chi connectivity index (χ2v) is 8.70. The van der Waals surface area contributed by atoms with Gasteiger partial charge in [-0.05, 0) is 30.9 Å². The lowest BCUT2D eigenvalue weighted by Crippen LogP contribution is -2.39. The summed E-state index contributed by atoms with van der Waals surface area (Å²) in [7, 11) is 1.64. The summed E-state index contributed by atoms with van der Waals surface area (Å²) in [4.78, 5) is 19.0. The zero-order chi connectivity index (χ0) is 22.5. The van der Waals surface area contributed by atoms with Gasteiger partial charge in [0.05, 0.1) is 31.0 Å². The molecular weight excluding hydrogens is 392 g/mol. The summed E-state index contributed by atoms with van der Waals surface area (Å²) in [5.74, 6) is 1.60. The van der Waals surface area contributed by atoms with Crippen molar-refractivity contribution >= 4 is 5.91 Å². The Morgan fingerprint density at radius 3 is 2.42 bits per heavy atom. The Morgan fingerprint density at radius 1 is 1.13 bits per heavy atom. The van der Waals surface area contributed by atoms with Crippen molar-refractivity contribution in [2.24, 2.45) is 11.8 Å². The summed E-state index contributed by atoms with van der Waals surface area (Å²) in [6.45, 7) is 12.1. The number of methoxy groups -OCH3 is 1.